The highest BCUT2D eigenvalue weighted by Gasteiger charge is 2.35. The molecule has 1 N–H and O–H groups in total. The fourth-order valence-corrected chi connectivity index (χ4v) is 3.33. The molecule has 2 heterocycles. The van der Waals surface area contributed by atoms with Gasteiger partial charge in [-0.3, -0.25) is 9.59 Å². The zero-order valence-electron chi connectivity index (χ0n) is 15.5. The van der Waals surface area contributed by atoms with Crippen LogP contribution < -0.4 is 10.2 Å². The molecule has 1 aliphatic heterocycles. The number of carbonyl (C=O) groups excluding carboxylic acids is 2. The lowest BCUT2D eigenvalue weighted by Gasteiger charge is -2.18. The summed E-state index contributed by atoms with van der Waals surface area (Å²) in [4.78, 5) is 30.7. The molecule has 7 heteroatoms. The van der Waals surface area contributed by atoms with E-state index >= 15 is 0 Å². The predicted molar refractivity (Wildman–Crippen MR) is 103 cm³/mol. The van der Waals surface area contributed by atoms with Gasteiger partial charge in [0.2, 0.25) is 11.8 Å². The number of aryl methyl sites for hydroxylation is 1. The van der Waals surface area contributed by atoms with Crippen molar-refractivity contribution >= 4 is 17.5 Å². The largest absolute Gasteiger partial charge is 0.343 e. The van der Waals surface area contributed by atoms with E-state index in [0.29, 0.717) is 30.2 Å². The maximum atomic E-state index is 12.5. The summed E-state index contributed by atoms with van der Waals surface area (Å²) >= 11 is 0. The number of rotatable bonds is 5. The van der Waals surface area contributed by atoms with Gasteiger partial charge < -0.3 is 14.7 Å². The maximum Gasteiger partial charge on any atom is 0.251 e. The van der Waals surface area contributed by atoms with Crippen LogP contribution in [0.1, 0.15) is 40.0 Å². The van der Waals surface area contributed by atoms with E-state index in [0.717, 1.165) is 11.3 Å². The number of anilines is 1. The Kier molecular flexibility index (Phi) is 4.89. The van der Waals surface area contributed by atoms with E-state index in [4.69, 9.17) is 4.52 Å². The molecule has 7 nitrogen and oxygen atoms in total. The Morgan fingerprint density at radius 1 is 1.18 bits per heavy atom. The molecular formula is C21H20N4O3. The van der Waals surface area contributed by atoms with Gasteiger partial charge in [-0.1, -0.05) is 41.6 Å². The SMILES string of the molecule is Cc1ccccc1N1CC(c2noc(CNC(=O)c3ccccc3)n2)CC1=O. The van der Waals surface area contributed by atoms with Crippen molar-refractivity contribution in [1.29, 1.82) is 0 Å². The zero-order valence-corrected chi connectivity index (χ0v) is 15.5. The van der Waals surface area contributed by atoms with Crippen LogP contribution in [-0.4, -0.2) is 28.5 Å². The molecule has 1 aliphatic rings. The van der Waals surface area contributed by atoms with Gasteiger partial charge in [-0.05, 0) is 30.7 Å². The van der Waals surface area contributed by atoms with Crippen LogP contribution in [0.25, 0.3) is 0 Å². The third kappa shape index (κ3) is 3.64. The van der Waals surface area contributed by atoms with E-state index in [9.17, 15) is 9.59 Å². The Morgan fingerprint density at radius 2 is 1.93 bits per heavy atom. The molecule has 1 unspecified atom stereocenters. The molecule has 0 aliphatic carbocycles. The van der Waals surface area contributed by atoms with Crippen molar-refractivity contribution in [3.63, 3.8) is 0 Å². The molecular weight excluding hydrogens is 356 g/mol. The number of amides is 2. The monoisotopic (exact) mass is 376 g/mol. The fourth-order valence-electron chi connectivity index (χ4n) is 3.33. The average Bonchev–Trinajstić information content (AvgIpc) is 3.34. The maximum absolute atomic E-state index is 12.5. The molecule has 1 aromatic heterocycles. The first-order chi connectivity index (χ1) is 13.6. The summed E-state index contributed by atoms with van der Waals surface area (Å²) in [5.41, 5.74) is 2.53. The number of aromatic nitrogens is 2. The first kappa shape index (κ1) is 17.9. The summed E-state index contributed by atoms with van der Waals surface area (Å²) in [5.74, 6) is 0.522. The van der Waals surface area contributed by atoms with Crippen LogP contribution >= 0.6 is 0 Å². The number of hydrogen-bond donors (Lipinski definition) is 1. The van der Waals surface area contributed by atoms with Gasteiger partial charge in [0.15, 0.2) is 5.82 Å². The van der Waals surface area contributed by atoms with E-state index in [2.05, 4.69) is 15.5 Å². The third-order valence-electron chi connectivity index (χ3n) is 4.82. The molecule has 2 amide bonds. The lowest BCUT2D eigenvalue weighted by atomic mass is 10.1. The van der Waals surface area contributed by atoms with Gasteiger partial charge in [-0.2, -0.15) is 4.98 Å². The molecule has 3 aromatic rings. The second-order valence-electron chi connectivity index (χ2n) is 6.79. The summed E-state index contributed by atoms with van der Waals surface area (Å²) in [6, 6.07) is 16.7. The van der Waals surface area contributed by atoms with Crippen molar-refractivity contribution in [2.24, 2.45) is 0 Å². The summed E-state index contributed by atoms with van der Waals surface area (Å²) in [6.45, 7) is 2.64. The predicted octanol–water partition coefficient (Wildman–Crippen LogP) is 2.83. The Labute approximate surface area is 162 Å². The van der Waals surface area contributed by atoms with E-state index in [-0.39, 0.29) is 24.3 Å². The van der Waals surface area contributed by atoms with Gasteiger partial charge in [0, 0.05) is 30.1 Å². The second kappa shape index (κ2) is 7.64. The van der Waals surface area contributed by atoms with Crippen LogP contribution in [0, 0.1) is 6.92 Å². The van der Waals surface area contributed by atoms with Gasteiger partial charge in [0.1, 0.15) is 0 Å². The summed E-state index contributed by atoms with van der Waals surface area (Å²) in [7, 11) is 0. The molecule has 1 saturated heterocycles. The second-order valence-corrected chi connectivity index (χ2v) is 6.79. The standard InChI is InChI=1S/C21H20N4O3/c1-14-7-5-6-10-17(14)25-13-16(11-19(25)26)20-23-18(28-24-20)12-22-21(27)15-8-3-2-4-9-15/h2-10,16H,11-13H2,1H3,(H,22,27). The Hall–Kier alpha value is -3.48. The topological polar surface area (TPSA) is 88.3 Å². The number of benzene rings is 2. The van der Waals surface area contributed by atoms with Gasteiger partial charge in [0.25, 0.3) is 5.91 Å². The minimum atomic E-state index is -0.206. The van der Waals surface area contributed by atoms with Crippen molar-refractivity contribution in [2.45, 2.75) is 25.8 Å². The zero-order chi connectivity index (χ0) is 19.5. The number of nitrogens with zero attached hydrogens (tertiary/aromatic N) is 3. The molecule has 0 radical (unpaired) electrons. The highest BCUT2D eigenvalue weighted by atomic mass is 16.5. The third-order valence-corrected chi connectivity index (χ3v) is 4.82. The minimum Gasteiger partial charge on any atom is -0.343 e. The van der Waals surface area contributed by atoms with Crippen LogP contribution in [0.15, 0.2) is 59.1 Å². The van der Waals surface area contributed by atoms with Crippen molar-refractivity contribution in [2.75, 3.05) is 11.4 Å². The Balaban J connectivity index is 1.40. The molecule has 1 atom stereocenters. The molecule has 142 valence electrons. The molecule has 1 fully saturated rings. The van der Waals surface area contributed by atoms with Gasteiger partial charge >= 0.3 is 0 Å². The van der Waals surface area contributed by atoms with Crippen LogP contribution in [0.4, 0.5) is 5.69 Å². The Bertz CT molecular complexity index is 1000. The number of para-hydroxylation sites is 1. The van der Waals surface area contributed by atoms with E-state index in [1.807, 2.05) is 37.3 Å². The lowest BCUT2D eigenvalue weighted by molar-refractivity contribution is -0.117. The van der Waals surface area contributed by atoms with Crippen molar-refractivity contribution in [1.82, 2.24) is 15.5 Å². The molecule has 0 spiro atoms. The first-order valence-corrected chi connectivity index (χ1v) is 9.13. The molecule has 0 bridgehead atoms. The van der Waals surface area contributed by atoms with E-state index < -0.39 is 0 Å². The average molecular weight is 376 g/mol. The highest BCUT2D eigenvalue weighted by molar-refractivity contribution is 5.97. The van der Waals surface area contributed by atoms with E-state index in [1.54, 1.807) is 29.2 Å². The minimum absolute atomic E-state index is 0.0445. The summed E-state index contributed by atoms with van der Waals surface area (Å²) in [6.07, 6.45) is 0.337. The summed E-state index contributed by atoms with van der Waals surface area (Å²) < 4.78 is 5.26. The molecule has 2 aromatic carbocycles. The van der Waals surface area contributed by atoms with Crippen LogP contribution in [0.5, 0.6) is 0 Å². The van der Waals surface area contributed by atoms with Gasteiger partial charge in [-0.15, -0.1) is 0 Å². The normalized spacial score (nSPS) is 16.4. The van der Waals surface area contributed by atoms with Crippen LogP contribution in [-0.2, 0) is 11.3 Å². The highest BCUT2D eigenvalue weighted by Crippen LogP contribution is 2.32. The first-order valence-electron chi connectivity index (χ1n) is 9.13. The number of hydrogen-bond acceptors (Lipinski definition) is 5. The number of nitrogens with one attached hydrogen (secondary N) is 1. The Morgan fingerprint density at radius 3 is 2.71 bits per heavy atom. The lowest BCUT2D eigenvalue weighted by Crippen LogP contribution is -2.25. The van der Waals surface area contributed by atoms with Gasteiger partial charge in [-0.25, -0.2) is 0 Å². The van der Waals surface area contributed by atoms with E-state index in [1.165, 1.54) is 0 Å². The van der Waals surface area contributed by atoms with Crippen LogP contribution in [0.3, 0.4) is 0 Å². The van der Waals surface area contributed by atoms with Crippen LogP contribution in [0.2, 0.25) is 0 Å². The van der Waals surface area contributed by atoms with Crippen molar-refractivity contribution in [3.05, 3.63) is 77.4 Å². The van der Waals surface area contributed by atoms with Gasteiger partial charge in [0.05, 0.1) is 6.54 Å². The quantitative estimate of drug-likeness (QED) is 0.740. The molecule has 0 saturated carbocycles. The smallest absolute Gasteiger partial charge is 0.251 e. The molecule has 4 rings (SSSR count). The summed E-state index contributed by atoms with van der Waals surface area (Å²) in [5, 5.41) is 6.78. The number of carbonyl (C=O) groups is 2. The van der Waals surface area contributed by atoms with Crippen molar-refractivity contribution < 1.29 is 14.1 Å². The fraction of sp³-hybridized carbons (Fsp3) is 0.238. The molecule has 28 heavy (non-hydrogen) atoms. The van der Waals surface area contributed by atoms with Crippen molar-refractivity contribution in [3.8, 4) is 0 Å².